The number of carbonyl (C=O) groups excluding carboxylic acids is 1. The van der Waals surface area contributed by atoms with Crippen LogP contribution in [0.4, 0.5) is 4.39 Å². The summed E-state index contributed by atoms with van der Waals surface area (Å²) in [7, 11) is 0. The molecule has 2 aliphatic carbocycles. The Morgan fingerprint density at radius 3 is 2.47 bits per heavy atom. The summed E-state index contributed by atoms with van der Waals surface area (Å²) in [6.45, 7) is 9.57. The largest absolute Gasteiger partial charge is 0.312 e. The lowest BCUT2D eigenvalue weighted by Crippen LogP contribution is -2.50. The Morgan fingerprint density at radius 1 is 1.12 bits per heavy atom. The minimum absolute atomic E-state index is 0.111. The van der Waals surface area contributed by atoms with E-state index in [1.165, 1.54) is 17.2 Å². The second kappa shape index (κ2) is 8.80. The molecule has 1 aromatic rings. The summed E-state index contributed by atoms with van der Waals surface area (Å²) in [6.07, 6.45) is 11.8. The first-order valence-corrected chi connectivity index (χ1v) is 11.9. The van der Waals surface area contributed by atoms with Crippen molar-refractivity contribution in [3.8, 4) is 0 Å². The maximum Gasteiger partial charge on any atom is 0.274 e. The summed E-state index contributed by atoms with van der Waals surface area (Å²) in [6, 6.07) is 8.48. The Kier molecular flexibility index (Phi) is 6.24. The molecule has 170 valence electrons. The van der Waals surface area contributed by atoms with Gasteiger partial charge in [0.05, 0.1) is 0 Å². The fourth-order valence-corrected chi connectivity index (χ4v) is 5.28. The third-order valence-electron chi connectivity index (χ3n) is 7.41. The van der Waals surface area contributed by atoms with Gasteiger partial charge in [-0.25, -0.2) is 4.39 Å². The summed E-state index contributed by atoms with van der Waals surface area (Å²) in [5.41, 5.74) is 2.90. The average molecular weight is 435 g/mol. The fourth-order valence-electron chi connectivity index (χ4n) is 5.28. The highest BCUT2D eigenvalue weighted by molar-refractivity contribution is 6.47. The molecule has 1 aliphatic heterocycles. The Bertz CT molecular complexity index is 983. The highest BCUT2D eigenvalue weighted by Gasteiger charge is 2.50. The molecular weight excluding hydrogens is 399 g/mol. The number of amides is 1. The molecule has 0 N–H and O–H groups in total. The van der Waals surface area contributed by atoms with Gasteiger partial charge in [-0.1, -0.05) is 68.8 Å². The Labute approximate surface area is 191 Å². The molecule has 4 rings (SSSR count). The van der Waals surface area contributed by atoms with Gasteiger partial charge in [0.15, 0.2) is 0 Å². The topological polar surface area (TPSA) is 32.7 Å². The van der Waals surface area contributed by atoms with Gasteiger partial charge in [-0.15, -0.1) is 0 Å². The van der Waals surface area contributed by atoms with Crippen molar-refractivity contribution in [1.29, 1.82) is 0 Å². The molecule has 1 fully saturated rings. The van der Waals surface area contributed by atoms with Crippen LogP contribution in [-0.2, 0) is 11.2 Å². The predicted molar refractivity (Wildman–Crippen MR) is 129 cm³/mol. The number of hydrogen-bond donors (Lipinski definition) is 0. The van der Waals surface area contributed by atoms with Gasteiger partial charge in [-0.2, -0.15) is 0 Å². The van der Waals surface area contributed by atoms with E-state index < -0.39 is 5.66 Å². The van der Waals surface area contributed by atoms with Crippen LogP contribution in [0.5, 0.6) is 0 Å². The Balaban J connectivity index is 1.63. The molecule has 32 heavy (non-hydrogen) atoms. The van der Waals surface area contributed by atoms with Crippen molar-refractivity contribution < 1.29 is 9.18 Å². The van der Waals surface area contributed by atoms with Crippen molar-refractivity contribution in [2.24, 2.45) is 16.3 Å². The van der Waals surface area contributed by atoms with E-state index in [9.17, 15) is 9.18 Å². The maximum absolute atomic E-state index is 14.8. The first-order valence-electron chi connectivity index (χ1n) is 11.9. The number of nitrogens with zero attached hydrogens (tertiary/aromatic N) is 2. The molecule has 1 saturated carbocycles. The maximum atomic E-state index is 14.8. The van der Waals surface area contributed by atoms with Crippen LogP contribution in [0, 0.1) is 18.3 Å². The van der Waals surface area contributed by atoms with Gasteiger partial charge in [-0.3, -0.25) is 9.79 Å². The molecule has 1 amide bonds. The summed E-state index contributed by atoms with van der Waals surface area (Å²) in [5, 5.41) is 0. The van der Waals surface area contributed by atoms with E-state index in [1.807, 2.05) is 17.1 Å². The molecule has 0 saturated heterocycles. The normalized spacial score (nSPS) is 26.2. The van der Waals surface area contributed by atoms with Crippen molar-refractivity contribution in [2.45, 2.75) is 71.9 Å². The van der Waals surface area contributed by atoms with Crippen molar-refractivity contribution in [2.75, 3.05) is 6.54 Å². The van der Waals surface area contributed by atoms with E-state index in [1.54, 1.807) is 6.08 Å². The quantitative estimate of drug-likeness (QED) is 0.533. The van der Waals surface area contributed by atoms with Crippen LogP contribution in [0.2, 0.25) is 0 Å². The van der Waals surface area contributed by atoms with Crippen LogP contribution >= 0.6 is 0 Å². The van der Waals surface area contributed by atoms with Crippen LogP contribution in [0.3, 0.4) is 0 Å². The summed E-state index contributed by atoms with van der Waals surface area (Å²) >= 11 is 0. The van der Waals surface area contributed by atoms with Crippen LogP contribution < -0.4 is 0 Å². The van der Waals surface area contributed by atoms with Crippen molar-refractivity contribution in [3.63, 3.8) is 0 Å². The second-order valence-corrected chi connectivity index (χ2v) is 10.6. The van der Waals surface area contributed by atoms with E-state index in [4.69, 9.17) is 4.99 Å². The summed E-state index contributed by atoms with van der Waals surface area (Å²) in [4.78, 5) is 20.6. The molecule has 4 heteroatoms. The lowest BCUT2D eigenvalue weighted by atomic mass is 9.69. The highest BCUT2D eigenvalue weighted by atomic mass is 19.1. The first-order chi connectivity index (χ1) is 15.2. The molecule has 0 radical (unpaired) electrons. The van der Waals surface area contributed by atoms with Crippen LogP contribution in [0.25, 0.3) is 0 Å². The number of aliphatic imine (C=N–C) groups is 1. The zero-order chi connectivity index (χ0) is 22.9. The van der Waals surface area contributed by atoms with Crippen LogP contribution in [-0.4, -0.2) is 28.7 Å². The van der Waals surface area contributed by atoms with Gasteiger partial charge in [0.2, 0.25) is 0 Å². The molecule has 0 atom stereocenters. The number of rotatable bonds is 4. The molecule has 0 bridgehead atoms. The number of benzene rings is 1. The van der Waals surface area contributed by atoms with Crippen molar-refractivity contribution in [1.82, 2.24) is 4.90 Å². The molecule has 3 aliphatic rings. The molecular formula is C28H35FN2O. The van der Waals surface area contributed by atoms with Gasteiger partial charge in [0.25, 0.3) is 5.91 Å². The van der Waals surface area contributed by atoms with Crippen molar-refractivity contribution >= 4 is 11.6 Å². The third-order valence-corrected chi connectivity index (χ3v) is 7.41. The standard InChI is InChI=1S/C28H35FN2O/c1-20-10-12-21(13-11-20)16-19-31-26(32)25(23-8-6-5-7-9-24(23)29)30-28(31)17-14-22(15-18-28)27(2,3)4/h5-7,9-13,22H,8,14-19H2,1-4H3. The van der Waals surface area contributed by atoms with E-state index in [0.717, 1.165) is 32.1 Å². The molecule has 1 spiro atoms. The van der Waals surface area contributed by atoms with E-state index in [-0.39, 0.29) is 17.1 Å². The first kappa shape index (κ1) is 22.7. The van der Waals surface area contributed by atoms with Gasteiger partial charge in [0.1, 0.15) is 17.2 Å². The van der Waals surface area contributed by atoms with E-state index >= 15 is 0 Å². The SMILES string of the molecule is Cc1ccc(CCN2C(=O)C(C3=C(F)C=CC=CC3)=NC23CCC(C(C)(C)C)CC3)cc1. The molecule has 1 aromatic carbocycles. The minimum Gasteiger partial charge on any atom is -0.312 e. The summed E-state index contributed by atoms with van der Waals surface area (Å²) in [5.74, 6) is 0.155. The summed E-state index contributed by atoms with van der Waals surface area (Å²) < 4.78 is 14.8. The molecule has 1 heterocycles. The van der Waals surface area contributed by atoms with Gasteiger partial charge < -0.3 is 4.90 Å². The fraction of sp³-hybridized carbons (Fsp3) is 0.500. The zero-order valence-corrected chi connectivity index (χ0v) is 19.8. The number of halogens is 1. The monoisotopic (exact) mass is 434 g/mol. The lowest BCUT2D eigenvalue weighted by molar-refractivity contribution is -0.129. The third kappa shape index (κ3) is 4.51. The zero-order valence-electron chi connectivity index (χ0n) is 19.8. The molecule has 0 unspecified atom stereocenters. The lowest BCUT2D eigenvalue weighted by Gasteiger charge is -2.45. The number of aryl methyl sites for hydroxylation is 1. The number of allylic oxidation sites excluding steroid dienone is 5. The molecule has 0 aromatic heterocycles. The Morgan fingerprint density at radius 2 is 1.81 bits per heavy atom. The minimum atomic E-state index is -0.536. The average Bonchev–Trinajstić information content (AvgIpc) is 2.88. The van der Waals surface area contributed by atoms with Crippen molar-refractivity contribution in [3.05, 3.63) is 71.1 Å². The predicted octanol–water partition coefficient (Wildman–Crippen LogP) is 6.49. The van der Waals surface area contributed by atoms with Crippen LogP contribution in [0.15, 0.2) is 65.0 Å². The van der Waals surface area contributed by atoms with E-state index in [2.05, 4.69) is 52.0 Å². The van der Waals surface area contributed by atoms with Gasteiger partial charge in [-0.05, 0) is 68.4 Å². The van der Waals surface area contributed by atoms with Crippen LogP contribution in [0.1, 0.15) is 64.0 Å². The van der Waals surface area contributed by atoms with Gasteiger partial charge in [0, 0.05) is 12.1 Å². The number of carbonyl (C=O) groups is 1. The van der Waals surface area contributed by atoms with Gasteiger partial charge >= 0.3 is 0 Å². The second-order valence-electron chi connectivity index (χ2n) is 10.6. The highest BCUT2D eigenvalue weighted by Crippen LogP contribution is 2.47. The smallest absolute Gasteiger partial charge is 0.274 e. The number of hydrogen-bond acceptors (Lipinski definition) is 2. The van der Waals surface area contributed by atoms with E-state index in [0.29, 0.717) is 30.2 Å². The Hall–Kier alpha value is -2.49. The molecule has 3 nitrogen and oxygen atoms in total.